The largest absolute Gasteiger partial charge is 0.377 e. The van der Waals surface area contributed by atoms with Gasteiger partial charge in [-0.1, -0.05) is 0 Å². The molecule has 5 heteroatoms. The van der Waals surface area contributed by atoms with E-state index in [0.717, 1.165) is 11.8 Å². The minimum absolute atomic E-state index is 0.250. The second-order valence-electron chi connectivity index (χ2n) is 3.18. The summed E-state index contributed by atoms with van der Waals surface area (Å²) in [5.41, 5.74) is 0.985. The molecule has 1 heterocycles. The van der Waals surface area contributed by atoms with Crippen molar-refractivity contribution in [1.82, 2.24) is 9.97 Å². The van der Waals surface area contributed by atoms with E-state index in [2.05, 4.69) is 15.3 Å². The summed E-state index contributed by atoms with van der Waals surface area (Å²) in [4.78, 5) is 7.74. The fraction of sp³-hybridized carbons (Fsp3) is 0.0909. The normalized spacial score (nSPS) is 10.1. The van der Waals surface area contributed by atoms with Crippen molar-refractivity contribution in [2.45, 2.75) is 6.54 Å². The van der Waals surface area contributed by atoms with Crippen molar-refractivity contribution >= 4 is 5.69 Å². The van der Waals surface area contributed by atoms with Crippen molar-refractivity contribution in [3.63, 3.8) is 0 Å². The second-order valence-corrected chi connectivity index (χ2v) is 3.18. The van der Waals surface area contributed by atoms with Gasteiger partial charge in [0.05, 0.1) is 17.9 Å². The van der Waals surface area contributed by atoms with Crippen LogP contribution in [0.2, 0.25) is 0 Å². The van der Waals surface area contributed by atoms with Gasteiger partial charge in [0.2, 0.25) is 0 Å². The lowest BCUT2D eigenvalue weighted by atomic mass is 10.3. The third-order valence-corrected chi connectivity index (χ3v) is 2.03. The number of hydrogen-bond acceptors (Lipinski definition) is 3. The summed E-state index contributed by atoms with van der Waals surface area (Å²) >= 11 is 0. The van der Waals surface area contributed by atoms with Crippen molar-refractivity contribution in [1.29, 1.82) is 0 Å². The van der Waals surface area contributed by atoms with Crippen LogP contribution in [0.15, 0.2) is 36.8 Å². The summed E-state index contributed by atoms with van der Waals surface area (Å²) in [6, 6.07) is 5.11. The molecule has 1 aromatic heterocycles. The number of nitrogens with zero attached hydrogens (tertiary/aromatic N) is 2. The van der Waals surface area contributed by atoms with Gasteiger partial charge in [-0.2, -0.15) is 0 Å². The maximum absolute atomic E-state index is 13.2. The molecule has 0 aliphatic heterocycles. The zero-order valence-electron chi connectivity index (χ0n) is 8.32. The minimum Gasteiger partial charge on any atom is -0.377 e. The first-order valence-corrected chi connectivity index (χ1v) is 4.69. The molecular weight excluding hydrogens is 212 g/mol. The van der Waals surface area contributed by atoms with E-state index in [1.54, 1.807) is 12.3 Å². The van der Waals surface area contributed by atoms with Gasteiger partial charge < -0.3 is 5.32 Å². The van der Waals surface area contributed by atoms with Gasteiger partial charge in [0.15, 0.2) is 0 Å². The summed E-state index contributed by atoms with van der Waals surface area (Å²) in [6.07, 6.45) is 3.02. The van der Waals surface area contributed by atoms with Gasteiger partial charge in [0.1, 0.15) is 18.0 Å². The fourth-order valence-corrected chi connectivity index (χ4v) is 1.24. The maximum atomic E-state index is 13.2. The third-order valence-electron chi connectivity index (χ3n) is 2.03. The smallest absolute Gasteiger partial charge is 0.149 e. The molecule has 0 atom stereocenters. The molecule has 16 heavy (non-hydrogen) atoms. The molecule has 0 amide bonds. The Bertz CT molecular complexity index is 474. The van der Waals surface area contributed by atoms with Crippen LogP contribution in [0.25, 0.3) is 0 Å². The first-order valence-electron chi connectivity index (χ1n) is 4.69. The van der Waals surface area contributed by atoms with Crippen LogP contribution in [0.1, 0.15) is 5.69 Å². The van der Waals surface area contributed by atoms with Crippen molar-refractivity contribution in [3.05, 3.63) is 54.1 Å². The highest BCUT2D eigenvalue weighted by atomic mass is 19.1. The van der Waals surface area contributed by atoms with E-state index < -0.39 is 11.6 Å². The second kappa shape index (κ2) is 4.65. The number of rotatable bonds is 3. The Morgan fingerprint density at radius 3 is 2.75 bits per heavy atom. The van der Waals surface area contributed by atoms with Crippen molar-refractivity contribution in [2.24, 2.45) is 0 Å². The molecule has 0 radical (unpaired) electrons. The Kier molecular flexibility index (Phi) is 3.05. The van der Waals surface area contributed by atoms with Gasteiger partial charge in [-0.25, -0.2) is 18.7 Å². The fourth-order valence-electron chi connectivity index (χ4n) is 1.24. The lowest BCUT2D eigenvalue weighted by molar-refractivity contribution is 0.585. The highest BCUT2D eigenvalue weighted by Gasteiger charge is 2.03. The van der Waals surface area contributed by atoms with Crippen LogP contribution < -0.4 is 5.32 Å². The molecule has 0 aliphatic carbocycles. The number of nitrogens with one attached hydrogen (secondary N) is 1. The van der Waals surface area contributed by atoms with Gasteiger partial charge in [0, 0.05) is 12.3 Å². The van der Waals surface area contributed by atoms with E-state index in [-0.39, 0.29) is 5.69 Å². The maximum Gasteiger partial charge on any atom is 0.149 e. The van der Waals surface area contributed by atoms with E-state index in [9.17, 15) is 8.78 Å². The molecule has 3 nitrogen and oxygen atoms in total. The summed E-state index contributed by atoms with van der Waals surface area (Å²) in [7, 11) is 0. The summed E-state index contributed by atoms with van der Waals surface area (Å²) in [5, 5.41) is 2.82. The highest BCUT2D eigenvalue weighted by molar-refractivity contribution is 5.44. The lowest BCUT2D eigenvalue weighted by Gasteiger charge is -2.06. The predicted molar refractivity (Wildman–Crippen MR) is 55.7 cm³/mol. The highest BCUT2D eigenvalue weighted by Crippen LogP contribution is 2.15. The molecule has 82 valence electrons. The Morgan fingerprint density at radius 2 is 2.06 bits per heavy atom. The average molecular weight is 221 g/mol. The van der Waals surface area contributed by atoms with E-state index in [0.29, 0.717) is 6.54 Å². The number of aromatic nitrogens is 2. The first kappa shape index (κ1) is 10.5. The van der Waals surface area contributed by atoms with E-state index in [1.807, 2.05) is 0 Å². The van der Waals surface area contributed by atoms with Gasteiger partial charge in [-0.15, -0.1) is 0 Å². The summed E-state index contributed by atoms with van der Waals surface area (Å²) < 4.78 is 25.8. The third kappa shape index (κ3) is 2.50. The molecule has 0 unspecified atom stereocenters. The van der Waals surface area contributed by atoms with Crippen LogP contribution >= 0.6 is 0 Å². The molecule has 0 fully saturated rings. The number of benzene rings is 1. The Balaban J connectivity index is 2.05. The van der Waals surface area contributed by atoms with Crippen LogP contribution in [0, 0.1) is 11.6 Å². The van der Waals surface area contributed by atoms with Crippen molar-refractivity contribution < 1.29 is 8.78 Å². The Labute approximate surface area is 91.2 Å². The van der Waals surface area contributed by atoms with Gasteiger partial charge in [-0.05, 0) is 18.2 Å². The van der Waals surface area contributed by atoms with E-state index >= 15 is 0 Å². The SMILES string of the molecule is Fc1ccc(NCc2ccncn2)c(F)c1. The van der Waals surface area contributed by atoms with Crippen LogP contribution in [0.4, 0.5) is 14.5 Å². The Hall–Kier alpha value is -2.04. The molecule has 1 aromatic carbocycles. The van der Waals surface area contributed by atoms with Crippen LogP contribution in [-0.2, 0) is 6.54 Å². The quantitative estimate of drug-likeness (QED) is 0.864. The number of anilines is 1. The van der Waals surface area contributed by atoms with Gasteiger partial charge in [0.25, 0.3) is 0 Å². The van der Waals surface area contributed by atoms with E-state index in [4.69, 9.17) is 0 Å². The van der Waals surface area contributed by atoms with Crippen LogP contribution in [-0.4, -0.2) is 9.97 Å². The summed E-state index contributed by atoms with van der Waals surface area (Å²) in [6.45, 7) is 0.366. The molecule has 2 rings (SSSR count). The van der Waals surface area contributed by atoms with Gasteiger partial charge in [-0.3, -0.25) is 0 Å². The molecule has 0 spiro atoms. The van der Waals surface area contributed by atoms with Crippen molar-refractivity contribution in [3.8, 4) is 0 Å². The predicted octanol–water partition coefficient (Wildman–Crippen LogP) is 2.37. The minimum atomic E-state index is -0.617. The molecule has 0 bridgehead atoms. The lowest BCUT2D eigenvalue weighted by Crippen LogP contribution is -2.03. The van der Waals surface area contributed by atoms with Crippen LogP contribution in [0.3, 0.4) is 0 Å². The standard InChI is InChI=1S/C11H9F2N3/c12-8-1-2-11(10(13)5-8)15-6-9-3-4-14-7-16-9/h1-5,7,15H,6H2. The summed E-state index contributed by atoms with van der Waals surface area (Å²) in [5.74, 6) is -1.21. The molecule has 2 aromatic rings. The number of halogens is 2. The van der Waals surface area contributed by atoms with E-state index in [1.165, 1.54) is 18.5 Å². The van der Waals surface area contributed by atoms with Crippen molar-refractivity contribution in [2.75, 3.05) is 5.32 Å². The topological polar surface area (TPSA) is 37.8 Å². The molecule has 0 aliphatic rings. The average Bonchev–Trinajstić information content (AvgIpc) is 2.29. The first-order chi connectivity index (χ1) is 7.75. The number of hydrogen-bond donors (Lipinski definition) is 1. The van der Waals surface area contributed by atoms with Gasteiger partial charge >= 0.3 is 0 Å². The molecular formula is C11H9F2N3. The molecule has 0 saturated heterocycles. The zero-order chi connectivity index (χ0) is 11.4. The van der Waals surface area contributed by atoms with Crippen LogP contribution in [0.5, 0.6) is 0 Å². The zero-order valence-corrected chi connectivity index (χ0v) is 8.32. The monoisotopic (exact) mass is 221 g/mol. The molecule has 1 N–H and O–H groups in total. The molecule has 0 saturated carbocycles. The Morgan fingerprint density at radius 1 is 1.19 bits per heavy atom.